The lowest BCUT2D eigenvalue weighted by Gasteiger charge is -2.07. The number of carbonyl (C=O) groups is 1. The first kappa shape index (κ1) is 19.8. The summed E-state index contributed by atoms with van der Waals surface area (Å²) in [4.78, 5) is 15.8. The smallest absolute Gasteiger partial charge is 0.277 e. The molecule has 2 unspecified atom stereocenters. The lowest BCUT2D eigenvalue weighted by Crippen LogP contribution is -2.10. The summed E-state index contributed by atoms with van der Waals surface area (Å²) in [6, 6.07) is 5.09. The highest BCUT2D eigenvalue weighted by Crippen LogP contribution is 2.42. The number of nitrogens with two attached hydrogens (primary N) is 1. The first-order valence-corrected chi connectivity index (χ1v) is 8.50. The van der Waals surface area contributed by atoms with Crippen LogP contribution >= 0.6 is 11.3 Å². The van der Waals surface area contributed by atoms with Crippen molar-refractivity contribution >= 4 is 17.2 Å². The Balaban J connectivity index is 0.000000758. The van der Waals surface area contributed by atoms with Gasteiger partial charge in [0.25, 0.3) is 5.91 Å². The van der Waals surface area contributed by atoms with Crippen LogP contribution in [0.15, 0.2) is 18.2 Å². The van der Waals surface area contributed by atoms with Crippen LogP contribution in [0.1, 0.15) is 33.3 Å². The summed E-state index contributed by atoms with van der Waals surface area (Å²) in [5.41, 5.74) is 6.78. The number of aliphatic hydroxyl groups is 1. The number of halogens is 1. The molecule has 6 nitrogen and oxygen atoms in total. The highest BCUT2D eigenvalue weighted by molar-refractivity contribution is 7.14. The van der Waals surface area contributed by atoms with Crippen molar-refractivity contribution in [1.29, 1.82) is 0 Å². The summed E-state index contributed by atoms with van der Waals surface area (Å²) in [6.45, 7) is 1.41. The molecule has 1 aromatic heterocycles. The highest BCUT2D eigenvalue weighted by Gasteiger charge is 2.28. The molecule has 1 aliphatic rings. The molecule has 0 spiro atoms. The van der Waals surface area contributed by atoms with Crippen LogP contribution in [0.5, 0.6) is 5.75 Å². The molecule has 8 heteroatoms. The van der Waals surface area contributed by atoms with E-state index < -0.39 is 18.2 Å². The van der Waals surface area contributed by atoms with Crippen molar-refractivity contribution in [3.63, 3.8) is 0 Å². The topological polar surface area (TPSA) is 94.7 Å². The van der Waals surface area contributed by atoms with E-state index in [1.165, 1.54) is 0 Å². The number of rotatable bonds is 1. The SMILES string of the molecule is CC(O)C#Cc1ccc2c(c1)-c1nc(C(N)=O)sc1C(F)CO2.COC. The van der Waals surface area contributed by atoms with E-state index in [9.17, 15) is 14.3 Å². The fourth-order valence-electron chi connectivity index (χ4n) is 2.19. The number of hydrogen-bond donors (Lipinski definition) is 2. The van der Waals surface area contributed by atoms with Gasteiger partial charge in [0.1, 0.15) is 18.5 Å². The number of aromatic nitrogens is 1. The maximum Gasteiger partial charge on any atom is 0.277 e. The van der Waals surface area contributed by atoms with Crippen molar-refractivity contribution < 1.29 is 23.8 Å². The standard InChI is InChI=1S/C16H13FN2O3S.C2H6O/c1-8(20)2-3-9-4-5-12-10(6-9)13-14(11(17)7-22-12)23-16(19-13)15(18)21;1-3-2/h4-6,8,11,20H,7H2,1H3,(H2,18,21);1-2H3. The lowest BCUT2D eigenvalue weighted by molar-refractivity contribution is 0.1000. The number of methoxy groups -OCH3 is 1. The number of fused-ring (bicyclic) bond motifs is 3. The largest absolute Gasteiger partial charge is 0.489 e. The zero-order chi connectivity index (χ0) is 19.3. The summed E-state index contributed by atoms with van der Waals surface area (Å²) < 4.78 is 24.0. The second-order valence-corrected chi connectivity index (χ2v) is 6.47. The van der Waals surface area contributed by atoms with Gasteiger partial charge in [0, 0.05) is 25.3 Å². The quantitative estimate of drug-likeness (QED) is 0.743. The minimum Gasteiger partial charge on any atom is -0.489 e. The van der Waals surface area contributed by atoms with Crippen molar-refractivity contribution in [3.8, 4) is 28.8 Å². The van der Waals surface area contributed by atoms with Crippen molar-refractivity contribution in [1.82, 2.24) is 4.98 Å². The second-order valence-electron chi connectivity index (χ2n) is 5.44. The van der Waals surface area contributed by atoms with E-state index in [2.05, 4.69) is 21.6 Å². The van der Waals surface area contributed by atoms with Crippen molar-refractivity contribution in [2.45, 2.75) is 19.2 Å². The summed E-state index contributed by atoms with van der Waals surface area (Å²) in [5, 5.41) is 9.31. The number of thiazole rings is 1. The van der Waals surface area contributed by atoms with Crippen LogP contribution in [-0.2, 0) is 4.74 Å². The minimum atomic E-state index is -1.38. The summed E-state index contributed by atoms with van der Waals surface area (Å²) in [6.07, 6.45) is -2.13. The van der Waals surface area contributed by atoms with Crippen LogP contribution in [-0.4, -0.2) is 42.9 Å². The summed E-state index contributed by atoms with van der Waals surface area (Å²) >= 11 is 0.936. The van der Waals surface area contributed by atoms with Gasteiger partial charge in [0.2, 0.25) is 0 Å². The van der Waals surface area contributed by atoms with E-state index in [1.54, 1.807) is 39.3 Å². The average Bonchev–Trinajstić information content (AvgIpc) is 2.99. The molecule has 26 heavy (non-hydrogen) atoms. The van der Waals surface area contributed by atoms with Gasteiger partial charge in [-0.2, -0.15) is 0 Å². The maximum atomic E-state index is 14.3. The number of primary amides is 1. The predicted octanol–water partition coefficient (Wildman–Crippen LogP) is 2.31. The van der Waals surface area contributed by atoms with Crippen molar-refractivity contribution in [2.75, 3.05) is 20.8 Å². The molecule has 1 aromatic carbocycles. The van der Waals surface area contributed by atoms with Crippen LogP contribution in [0.25, 0.3) is 11.3 Å². The van der Waals surface area contributed by atoms with Gasteiger partial charge in [-0.05, 0) is 25.1 Å². The molecule has 3 rings (SSSR count). The van der Waals surface area contributed by atoms with Crippen LogP contribution < -0.4 is 10.5 Å². The molecule has 0 saturated carbocycles. The molecule has 1 aliphatic heterocycles. The van der Waals surface area contributed by atoms with E-state index in [-0.39, 0.29) is 11.6 Å². The van der Waals surface area contributed by atoms with Crippen LogP contribution in [0.2, 0.25) is 0 Å². The molecular weight excluding hydrogens is 359 g/mol. The average molecular weight is 378 g/mol. The molecule has 2 heterocycles. The van der Waals surface area contributed by atoms with E-state index in [4.69, 9.17) is 10.5 Å². The highest BCUT2D eigenvalue weighted by atomic mass is 32.1. The van der Waals surface area contributed by atoms with Crippen LogP contribution in [0.4, 0.5) is 4.39 Å². The number of alkyl halides is 1. The zero-order valence-corrected chi connectivity index (χ0v) is 15.4. The molecule has 0 saturated heterocycles. The Morgan fingerprint density at radius 3 is 2.85 bits per heavy atom. The van der Waals surface area contributed by atoms with Crippen LogP contribution in [0.3, 0.4) is 0 Å². The third-order valence-electron chi connectivity index (χ3n) is 3.19. The maximum absolute atomic E-state index is 14.3. The molecule has 3 N–H and O–H groups in total. The molecule has 2 atom stereocenters. The second kappa shape index (κ2) is 8.76. The Bertz CT molecular complexity index is 855. The molecule has 0 fully saturated rings. The fourth-order valence-corrected chi connectivity index (χ4v) is 3.08. The third kappa shape index (κ3) is 4.58. The monoisotopic (exact) mass is 378 g/mol. The Hall–Kier alpha value is -2.47. The number of nitrogens with zero attached hydrogens (tertiary/aromatic N) is 1. The molecule has 0 aliphatic carbocycles. The Morgan fingerprint density at radius 2 is 2.23 bits per heavy atom. The predicted molar refractivity (Wildman–Crippen MR) is 96.9 cm³/mol. The molecule has 0 radical (unpaired) electrons. The Kier molecular flexibility index (Phi) is 6.69. The fraction of sp³-hybridized carbons (Fsp3) is 0.333. The number of ether oxygens (including phenoxy) is 2. The van der Waals surface area contributed by atoms with Crippen molar-refractivity contribution in [3.05, 3.63) is 33.6 Å². The van der Waals surface area contributed by atoms with Gasteiger partial charge in [-0.1, -0.05) is 11.8 Å². The molecule has 0 bridgehead atoms. The number of carbonyl (C=O) groups excluding carboxylic acids is 1. The van der Waals surface area contributed by atoms with E-state index in [0.717, 1.165) is 11.3 Å². The lowest BCUT2D eigenvalue weighted by atomic mass is 10.1. The van der Waals surface area contributed by atoms with Gasteiger partial charge in [0.05, 0.1) is 10.6 Å². The van der Waals surface area contributed by atoms with Gasteiger partial charge < -0.3 is 20.3 Å². The normalized spacial score (nSPS) is 15.7. The van der Waals surface area contributed by atoms with Crippen molar-refractivity contribution in [2.24, 2.45) is 5.73 Å². The van der Waals surface area contributed by atoms with Gasteiger partial charge >= 0.3 is 0 Å². The number of hydrogen-bond acceptors (Lipinski definition) is 6. The van der Waals surface area contributed by atoms with Crippen LogP contribution in [0, 0.1) is 11.8 Å². The van der Waals surface area contributed by atoms with E-state index in [0.29, 0.717) is 27.4 Å². The van der Waals surface area contributed by atoms with Gasteiger partial charge in [-0.3, -0.25) is 4.79 Å². The first-order chi connectivity index (χ1) is 12.4. The minimum absolute atomic E-state index is 0.0611. The summed E-state index contributed by atoms with van der Waals surface area (Å²) in [7, 11) is 3.25. The Morgan fingerprint density at radius 1 is 1.54 bits per heavy atom. The van der Waals surface area contributed by atoms with Gasteiger partial charge in [0.15, 0.2) is 11.2 Å². The van der Waals surface area contributed by atoms with Gasteiger partial charge in [-0.15, -0.1) is 11.3 Å². The summed E-state index contributed by atoms with van der Waals surface area (Å²) in [5.74, 6) is 5.24. The number of amides is 1. The van der Waals surface area contributed by atoms with E-state index >= 15 is 0 Å². The number of benzene rings is 1. The zero-order valence-electron chi connectivity index (χ0n) is 14.6. The first-order valence-electron chi connectivity index (χ1n) is 7.68. The third-order valence-corrected chi connectivity index (χ3v) is 4.35. The molecule has 1 amide bonds. The molecule has 2 aromatic rings. The van der Waals surface area contributed by atoms with Gasteiger partial charge in [-0.25, -0.2) is 9.37 Å². The molecule has 138 valence electrons. The Labute approximate surface area is 154 Å². The number of aliphatic hydroxyl groups excluding tert-OH is 1. The molecular formula is C18H19FN2O4S. The van der Waals surface area contributed by atoms with E-state index in [1.807, 2.05) is 0 Å².